The molecule has 0 aromatic rings. The molecule has 1 amide bonds. The highest BCUT2D eigenvalue weighted by Gasteiger charge is 2.64. The molecular weight excluding hydrogens is 1380 g/mol. The standard InChI is InChI=1S/C54H89NO45/c1-12(63)55-23-30(73)25(68)17(6-58)87-45(23)96-44-34(77)29(72)21(10-62)91-50(44)94-41-22(11-86-49-43(33(76)28(71)20(9-61)90-49)97-47-36(79)32(75)27(70)19(8-60)89-47)92-48(37(80)42(41)95-46-35(78)31(74)26(69)18(7-59)88-46)93-40-16(3-53(85,51(81)82)99-39(40)15(66)5-57)98-54(52(83)84)2-13(64)24(67)38(100-54)14(65)4-56/h13-50,56-62,64-80,85H,2-11H2,1H3,(H,55,63)(H,81,82)(H,83,84)/t13-,14-,15-,16-,17-,18-,19-,20-,21-,22-,23-,24-,25-,26-,27-,28-,29-,30-,31+,32+,33+,34+,35-,36-,37-,38-,39-,40-,41-,42-,43-,44-,45-,46+,47-,48-,49-,50+,53?,54?/m1/s1. The summed E-state index contributed by atoms with van der Waals surface area (Å²) in [5.74, 6) is -12.7. The lowest BCUT2D eigenvalue weighted by Crippen LogP contribution is -2.71. The van der Waals surface area contributed by atoms with Gasteiger partial charge in [0.25, 0.3) is 11.6 Å². The number of carboxylic acid groups (broad SMARTS) is 2. The van der Waals surface area contributed by atoms with Crippen molar-refractivity contribution in [1.29, 1.82) is 0 Å². The number of aliphatic hydroxyl groups is 25. The minimum Gasteiger partial charge on any atom is -0.477 e. The third kappa shape index (κ3) is 17.1. The summed E-state index contributed by atoms with van der Waals surface area (Å²) in [5, 5.41) is 297. The fraction of sp³-hybridized carbons (Fsp3) is 0.944. The van der Waals surface area contributed by atoms with Gasteiger partial charge in [0.15, 0.2) is 37.7 Å². The van der Waals surface area contributed by atoms with Crippen molar-refractivity contribution in [3.63, 3.8) is 0 Å². The van der Waals surface area contributed by atoms with Crippen molar-refractivity contribution in [2.75, 3.05) is 52.9 Å². The zero-order valence-electron chi connectivity index (χ0n) is 52.4. The van der Waals surface area contributed by atoms with Gasteiger partial charge in [-0.15, -0.1) is 0 Å². The first-order valence-corrected chi connectivity index (χ1v) is 31.2. The number of carbonyl (C=O) groups is 3. The summed E-state index contributed by atoms with van der Waals surface area (Å²) in [6.07, 6.45) is -87.9. The van der Waals surface area contributed by atoms with E-state index in [1.165, 1.54) is 0 Å². The van der Waals surface area contributed by atoms with Crippen LogP contribution in [0.3, 0.4) is 0 Å². The van der Waals surface area contributed by atoms with Gasteiger partial charge in [-0.05, 0) is 0 Å². The summed E-state index contributed by atoms with van der Waals surface area (Å²) in [5.41, 5.74) is 0. The van der Waals surface area contributed by atoms with Gasteiger partial charge in [0.1, 0.15) is 183 Å². The molecule has 8 rings (SSSR count). The molecule has 0 aliphatic carbocycles. The van der Waals surface area contributed by atoms with Gasteiger partial charge in [-0.2, -0.15) is 0 Å². The van der Waals surface area contributed by atoms with E-state index < -0.39 is 328 Å². The van der Waals surface area contributed by atoms with Gasteiger partial charge in [0.2, 0.25) is 5.91 Å². The number of carboxylic acids is 2. The third-order valence-corrected chi connectivity index (χ3v) is 18.3. The Bertz CT molecular complexity index is 2610. The molecule has 8 heterocycles. The molecule has 28 N–H and O–H groups in total. The van der Waals surface area contributed by atoms with Gasteiger partial charge in [0, 0.05) is 19.8 Å². The highest BCUT2D eigenvalue weighted by molar-refractivity contribution is 5.77. The second kappa shape index (κ2) is 34.6. The normalized spacial score (nSPS) is 49.5. The van der Waals surface area contributed by atoms with Gasteiger partial charge in [-0.3, -0.25) is 4.79 Å². The van der Waals surface area contributed by atoms with E-state index in [-0.39, 0.29) is 0 Å². The monoisotopic (exact) mass is 1470 g/mol. The Labute approximate surface area is 562 Å². The molecule has 0 saturated carbocycles. The van der Waals surface area contributed by atoms with Crippen LogP contribution in [0.2, 0.25) is 0 Å². The Morgan fingerprint density at radius 3 is 1.30 bits per heavy atom. The first-order valence-electron chi connectivity index (χ1n) is 31.2. The van der Waals surface area contributed by atoms with Crippen LogP contribution in [0.1, 0.15) is 19.8 Å². The van der Waals surface area contributed by atoms with E-state index in [4.69, 9.17) is 71.1 Å². The third-order valence-electron chi connectivity index (χ3n) is 18.3. The van der Waals surface area contributed by atoms with E-state index in [9.17, 15) is 152 Å². The van der Waals surface area contributed by atoms with Gasteiger partial charge in [-0.25, -0.2) is 9.59 Å². The second-order valence-electron chi connectivity index (χ2n) is 25.0. The van der Waals surface area contributed by atoms with E-state index in [0.29, 0.717) is 0 Å². The van der Waals surface area contributed by atoms with Crippen LogP contribution < -0.4 is 5.32 Å². The summed E-state index contributed by atoms with van der Waals surface area (Å²) in [4.78, 5) is 38.9. The summed E-state index contributed by atoms with van der Waals surface area (Å²) >= 11 is 0. The molecule has 40 atom stereocenters. The Morgan fingerprint density at radius 2 is 0.820 bits per heavy atom. The quantitative estimate of drug-likeness (QED) is 0.0363. The number of hydrogen-bond acceptors (Lipinski definition) is 43. The summed E-state index contributed by atoms with van der Waals surface area (Å²) in [6, 6.07) is -1.88. The fourth-order valence-corrected chi connectivity index (χ4v) is 12.6. The molecule has 580 valence electrons. The van der Waals surface area contributed by atoms with Crippen LogP contribution in [-0.4, -0.2) is 453 Å². The Hall–Kier alpha value is -3.19. The van der Waals surface area contributed by atoms with Crippen molar-refractivity contribution in [3.8, 4) is 0 Å². The van der Waals surface area contributed by atoms with Crippen molar-refractivity contribution in [3.05, 3.63) is 0 Å². The summed E-state index contributed by atoms with van der Waals surface area (Å²) in [6.45, 7) is -8.98. The van der Waals surface area contributed by atoms with Crippen LogP contribution in [0.15, 0.2) is 0 Å². The number of hydrogen-bond donors (Lipinski definition) is 28. The zero-order chi connectivity index (χ0) is 74.1. The van der Waals surface area contributed by atoms with E-state index >= 15 is 0 Å². The highest BCUT2D eigenvalue weighted by atomic mass is 16.8. The molecule has 0 radical (unpaired) electrons. The predicted molar refractivity (Wildman–Crippen MR) is 298 cm³/mol. The average molecular weight is 1470 g/mol. The molecule has 100 heavy (non-hydrogen) atoms. The van der Waals surface area contributed by atoms with E-state index in [1.54, 1.807) is 0 Å². The van der Waals surface area contributed by atoms with Crippen molar-refractivity contribution in [2.24, 2.45) is 0 Å². The van der Waals surface area contributed by atoms with Gasteiger partial charge in [-0.1, -0.05) is 0 Å². The maximum absolute atomic E-state index is 13.4. The van der Waals surface area contributed by atoms with Gasteiger partial charge < -0.3 is 214 Å². The molecule has 8 fully saturated rings. The fourth-order valence-electron chi connectivity index (χ4n) is 12.6. The van der Waals surface area contributed by atoms with Crippen molar-refractivity contribution >= 4 is 17.8 Å². The Balaban J connectivity index is 1.30. The van der Waals surface area contributed by atoms with Gasteiger partial charge in [0.05, 0.1) is 65.1 Å². The molecule has 8 aliphatic heterocycles. The van der Waals surface area contributed by atoms with Crippen LogP contribution in [0.5, 0.6) is 0 Å². The van der Waals surface area contributed by atoms with E-state index in [1.807, 2.05) is 0 Å². The van der Waals surface area contributed by atoms with Crippen LogP contribution in [0.4, 0.5) is 0 Å². The number of nitrogens with one attached hydrogen (secondary N) is 1. The largest absolute Gasteiger partial charge is 0.477 e. The molecule has 8 aliphatic rings. The topological polar surface area (TPSA) is 748 Å². The van der Waals surface area contributed by atoms with Crippen molar-refractivity contribution in [2.45, 2.75) is 264 Å². The summed E-state index contributed by atoms with van der Waals surface area (Å²) in [7, 11) is 0. The van der Waals surface area contributed by atoms with Crippen molar-refractivity contribution in [1.82, 2.24) is 5.32 Å². The summed E-state index contributed by atoms with van der Waals surface area (Å²) < 4.78 is 88.4. The first-order chi connectivity index (χ1) is 47.1. The number of rotatable bonds is 27. The Morgan fingerprint density at radius 1 is 0.420 bits per heavy atom. The molecule has 0 aromatic carbocycles. The zero-order valence-corrected chi connectivity index (χ0v) is 52.4. The number of ether oxygens (including phenoxy) is 15. The average Bonchev–Trinajstić information content (AvgIpc) is 0.754. The first kappa shape index (κ1) is 82.5. The smallest absolute Gasteiger partial charge is 0.364 e. The van der Waals surface area contributed by atoms with E-state index in [2.05, 4.69) is 5.32 Å². The Kier molecular flexibility index (Phi) is 28.5. The van der Waals surface area contributed by atoms with Crippen LogP contribution in [-0.2, 0) is 85.4 Å². The number of aliphatic hydroxyl groups excluding tert-OH is 24. The van der Waals surface area contributed by atoms with Crippen LogP contribution >= 0.6 is 0 Å². The molecular formula is C54H89NO45. The minimum absolute atomic E-state index is 0.929. The lowest BCUT2D eigenvalue weighted by Gasteiger charge is -2.52. The maximum atomic E-state index is 13.4. The second-order valence-corrected chi connectivity index (χ2v) is 25.0. The lowest BCUT2D eigenvalue weighted by molar-refractivity contribution is -0.417. The van der Waals surface area contributed by atoms with Crippen molar-refractivity contribution < 1.29 is 223 Å². The van der Waals surface area contributed by atoms with Gasteiger partial charge >= 0.3 is 11.9 Å². The minimum atomic E-state index is -3.67. The van der Waals surface area contributed by atoms with Crippen LogP contribution in [0.25, 0.3) is 0 Å². The molecule has 0 spiro atoms. The molecule has 46 nitrogen and oxygen atoms in total. The molecule has 46 heteroatoms. The number of carbonyl (C=O) groups excluding carboxylic acids is 1. The number of aliphatic carboxylic acids is 2. The predicted octanol–water partition coefficient (Wildman–Crippen LogP) is -18.6. The molecule has 8 saturated heterocycles. The highest BCUT2D eigenvalue weighted by Crippen LogP contribution is 2.44. The van der Waals surface area contributed by atoms with Crippen LogP contribution in [0, 0.1) is 0 Å². The lowest BCUT2D eigenvalue weighted by atomic mass is 9.89. The number of amides is 1. The van der Waals surface area contributed by atoms with E-state index in [0.717, 1.165) is 6.92 Å². The SMILES string of the molecule is CC(=O)N[C@H]1[C@@H](O[C@H]2[C@H](O[C@H]3[C@H](O[C@@H]4O[C@H](CO)[C@@H](O)[C@H](O)[C@H]4O)[C@@H](O)[C@@H](O[C@H]4[C@@H]([C@H](O)CO)OC(O)(C(=O)O)C[C@H]4OC4(C(=O)O)C[C@@H](O)[C@@H](O)[C@@H]([C@H](O)CO)O4)O[C@@H]3CO[C@@H]3O[C@H](CO)[C@@H](O)[C@H](O)[C@H]3O[C@H]3O[C@H](CO)[C@@H](O)[C@H](O)[C@H]3O)O[C@H](CO)[C@@H](O)[C@@H]2O)O[C@H](CO)[C@@H](O)[C@@H]1O. The molecule has 0 aromatic heterocycles. The molecule has 2 unspecified atom stereocenters. The molecule has 0 bridgehead atoms. The maximum Gasteiger partial charge on any atom is 0.364 e.